The maximum atomic E-state index is 13.0. The van der Waals surface area contributed by atoms with Gasteiger partial charge in [0.25, 0.3) is 0 Å². The van der Waals surface area contributed by atoms with Crippen molar-refractivity contribution in [2.24, 2.45) is 5.92 Å². The maximum Gasteiger partial charge on any atom is 0.248 e. The third-order valence-corrected chi connectivity index (χ3v) is 5.63. The lowest BCUT2D eigenvalue weighted by Crippen LogP contribution is -2.48. The third-order valence-electron chi connectivity index (χ3n) is 5.63. The van der Waals surface area contributed by atoms with Crippen LogP contribution in [0.25, 0.3) is 0 Å². The number of nitrogens with one attached hydrogen (secondary N) is 1. The molecule has 0 unspecified atom stereocenters. The summed E-state index contributed by atoms with van der Waals surface area (Å²) in [6.07, 6.45) is 0.646. The lowest BCUT2D eigenvalue weighted by molar-refractivity contribution is -0.139. The maximum absolute atomic E-state index is 13.0. The summed E-state index contributed by atoms with van der Waals surface area (Å²) in [5, 5.41) is 3.02. The second-order valence-corrected chi connectivity index (χ2v) is 7.68. The van der Waals surface area contributed by atoms with Crippen molar-refractivity contribution < 1.29 is 23.8 Å². The Labute approximate surface area is 183 Å². The zero-order valence-corrected chi connectivity index (χ0v) is 18.3. The Morgan fingerprint density at radius 1 is 1.00 bits per heavy atom. The van der Waals surface area contributed by atoms with E-state index in [4.69, 9.17) is 14.2 Å². The summed E-state index contributed by atoms with van der Waals surface area (Å²) in [7, 11) is 4.69. The SMILES string of the molecule is COCC(=O)N1C[C@@H](C(=O)NCc2ccccc2)C[C@@H](c2ccc(OC)c(OC)c2)C1. The first-order valence-electron chi connectivity index (χ1n) is 10.4. The zero-order chi connectivity index (χ0) is 22.2. The number of benzene rings is 2. The first-order valence-corrected chi connectivity index (χ1v) is 10.4. The van der Waals surface area contributed by atoms with Crippen molar-refractivity contribution in [3.8, 4) is 11.5 Å². The fourth-order valence-electron chi connectivity index (χ4n) is 3.99. The van der Waals surface area contributed by atoms with E-state index in [0.29, 0.717) is 37.6 Å². The van der Waals surface area contributed by atoms with E-state index in [1.54, 1.807) is 19.1 Å². The van der Waals surface area contributed by atoms with Gasteiger partial charge < -0.3 is 24.4 Å². The minimum atomic E-state index is -0.309. The van der Waals surface area contributed by atoms with E-state index < -0.39 is 0 Å². The number of carbonyl (C=O) groups is 2. The van der Waals surface area contributed by atoms with Crippen LogP contribution < -0.4 is 14.8 Å². The Morgan fingerprint density at radius 2 is 1.74 bits per heavy atom. The fourth-order valence-corrected chi connectivity index (χ4v) is 3.99. The van der Waals surface area contributed by atoms with E-state index in [1.807, 2.05) is 48.5 Å². The fraction of sp³-hybridized carbons (Fsp3) is 0.417. The van der Waals surface area contributed by atoms with Crippen molar-refractivity contribution >= 4 is 11.8 Å². The average Bonchev–Trinajstić information content (AvgIpc) is 2.82. The van der Waals surface area contributed by atoms with Gasteiger partial charge in [0, 0.05) is 32.7 Å². The number of hydrogen-bond donors (Lipinski definition) is 1. The Bertz CT molecular complexity index is 887. The molecule has 0 aromatic heterocycles. The van der Waals surface area contributed by atoms with Gasteiger partial charge >= 0.3 is 0 Å². The van der Waals surface area contributed by atoms with Crippen LogP contribution in [0.3, 0.4) is 0 Å². The van der Waals surface area contributed by atoms with Gasteiger partial charge in [0.05, 0.1) is 20.1 Å². The second kappa shape index (κ2) is 10.8. The molecule has 2 atom stereocenters. The molecule has 2 amide bonds. The molecule has 7 heteroatoms. The molecule has 1 aliphatic heterocycles. The highest BCUT2D eigenvalue weighted by Crippen LogP contribution is 2.36. The van der Waals surface area contributed by atoms with Crippen molar-refractivity contribution in [1.29, 1.82) is 0 Å². The molecule has 0 radical (unpaired) electrons. The van der Waals surface area contributed by atoms with E-state index in [0.717, 1.165) is 11.1 Å². The van der Waals surface area contributed by atoms with Gasteiger partial charge in [0.2, 0.25) is 11.8 Å². The minimum Gasteiger partial charge on any atom is -0.493 e. The average molecular weight is 427 g/mol. The van der Waals surface area contributed by atoms with E-state index in [2.05, 4.69) is 5.32 Å². The summed E-state index contributed by atoms with van der Waals surface area (Å²) in [6, 6.07) is 15.5. The van der Waals surface area contributed by atoms with E-state index >= 15 is 0 Å². The topological polar surface area (TPSA) is 77.1 Å². The number of ether oxygens (including phenoxy) is 3. The Morgan fingerprint density at radius 3 is 2.42 bits per heavy atom. The quantitative estimate of drug-likeness (QED) is 0.702. The molecule has 2 aromatic rings. The van der Waals surface area contributed by atoms with E-state index in [9.17, 15) is 9.59 Å². The van der Waals surface area contributed by atoms with Crippen LogP contribution in [0.15, 0.2) is 48.5 Å². The number of hydrogen-bond acceptors (Lipinski definition) is 5. The van der Waals surface area contributed by atoms with Crippen molar-refractivity contribution in [3.05, 3.63) is 59.7 Å². The number of likely N-dealkylation sites (tertiary alicyclic amines) is 1. The van der Waals surface area contributed by atoms with Crippen LogP contribution in [0.2, 0.25) is 0 Å². The first-order chi connectivity index (χ1) is 15.0. The molecule has 2 aromatic carbocycles. The highest BCUT2D eigenvalue weighted by molar-refractivity contribution is 5.82. The molecule has 1 fully saturated rings. The molecule has 0 spiro atoms. The molecule has 1 aliphatic rings. The number of piperidine rings is 1. The van der Waals surface area contributed by atoms with Gasteiger partial charge in [-0.3, -0.25) is 9.59 Å². The summed E-state index contributed by atoms with van der Waals surface area (Å²) >= 11 is 0. The normalized spacial score (nSPS) is 18.4. The van der Waals surface area contributed by atoms with Crippen molar-refractivity contribution in [2.75, 3.05) is 41.0 Å². The van der Waals surface area contributed by atoms with E-state index in [1.165, 1.54) is 7.11 Å². The molecule has 1 saturated heterocycles. The highest BCUT2D eigenvalue weighted by Gasteiger charge is 2.34. The molecule has 7 nitrogen and oxygen atoms in total. The lowest BCUT2D eigenvalue weighted by Gasteiger charge is -2.37. The van der Waals surface area contributed by atoms with Crippen LogP contribution in [-0.4, -0.2) is 57.7 Å². The molecule has 0 aliphatic carbocycles. The molecule has 1 N–H and O–H groups in total. The van der Waals surface area contributed by atoms with Crippen LogP contribution in [-0.2, 0) is 20.9 Å². The number of methoxy groups -OCH3 is 3. The summed E-state index contributed by atoms with van der Waals surface area (Å²) in [4.78, 5) is 27.3. The highest BCUT2D eigenvalue weighted by atomic mass is 16.5. The molecule has 166 valence electrons. The van der Waals surface area contributed by atoms with Crippen LogP contribution in [0.4, 0.5) is 0 Å². The molecule has 0 bridgehead atoms. The van der Waals surface area contributed by atoms with Crippen LogP contribution in [0.1, 0.15) is 23.5 Å². The molecule has 1 heterocycles. The minimum absolute atomic E-state index is 0.00170. The molecule has 3 rings (SSSR count). The number of nitrogens with zero attached hydrogens (tertiary/aromatic N) is 1. The largest absolute Gasteiger partial charge is 0.493 e. The summed E-state index contributed by atoms with van der Waals surface area (Å²) in [5.74, 6) is 0.799. The lowest BCUT2D eigenvalue weighted by atomic mass is 9.83. The van der Waals surface area contributed by atoms with Crippen molar-refractivity contribution in [3.63, 3.8) is 0 Å². The number of carbonyl (C=O) groups excluding carboxylic acids is 2. The van der Waals surface area contributed by atoms with Gasteiger partial charge in [-0.1, -0.05) is 36.4 Å². The van der Waals surface area contributed by atoms with Crippen molar-refractivity contribution in [2.45, 2.75) is 18.9 Å². The van der Waals surface area contributed by atoms with Crippen LogP contribution in [0.5, 0.6) is 11.5 Å². The van der Waals surface area contributed by atoms with Crippen LogP contribution >= 0.6 is 0 Å². The number of rotatable bonds is 8. The Kier molecular flexibility index (Phi) is 7.89. The van der Waals surface area contributed by atoms with Gasteiger partial charge in [-0.15, -0.1) is 0 Å². The third kappa shape index (κ3) is 5.76. The van der Waals surface area contributed by atoms with Gasteiger partial charge in [-0.25, -0.2) is 0 Å². The van der Waals surface area contributed by atoms with E-state index in [-0.39, 0.29) is 30.3 Å². The Hall–Kier alpha value is -3.06. The van der Waals surface area contributed by atoms with Gasteiger partial charge in [-0.2, -0.15) is 0 Å². The van der Waals surface area contributed by atoms with Gasteiger partial charge in [0.1, 0.15) is 6.61 Å². The van der Waals surface area contributed by atoms with Crippen LogP contribution in [0, 0.1) is 5.92 Å². The first kappa shape index (κ1) is 22.6. The Balaban J connectivity index is 1.77. The summed E-state index contributed by atoms with van der Waals surface area (Å²) in [5.41, 5.74) is 2.05. The van der Waals surface area contributed by atoms with Gasteiger partial charge in [-0.05, 0) is 29.7 Å². The standard InChI is InChI=1S/C24H30N2O5/c1-29-16-23(27)26-14-19(18-9-10-21(30-2)22(12-18)31-3)11-20(15-26)24(28)25-13-17-7-5-4-6-8-17/h4-10,12,19-20H,11,13-16H2,1-3H3,(H,25,28)/t19-,20+/m1/s1. The van der Waals surface area contributed by atoms with Crippen molar-refractivity contribution in [1.82, 2.24) is 10.2 Å². The molecule has 0 saturated carbocycles. The molecule has 31 heavy (non-hydrogen) atoms. The summed E-state index contributed by atoms with van der Waals surface area (Å²) < 4.78 is 15.8. The predicted molar refractivity (Wildman–Crippen MR) is 117 cm³/mol. The number of amides is 2. The monoisotopic (exact) mass is 426 g/mol. The summed E-state index contributed by atoms with van der Waals surface area (Å²) in [6.45, 7) is 1.37. The molecular formula is C24H30N2O5. The molecular weight excluding hydrogens is 396 g/mol. The smallest absolute Gasteiger partial charge is 0.248 e. The zero-order valence-electron chi connectivity index (χ0n) is 18.3. The second-order valence-electron chi connectivity index (χ2n) is 7.68. The predicted octanol–water partition coefficient (Wildman–Crippen LogP) is 2.60. The van der Waals surface area contributed by atoms with Gasteiger partial charge in [0.15, 0.2) is 11.5 Å².